The van der Waals surface area contributed by atoms with Gasteiger partial charge in [0.2, 0.25) is 11.1 Å². The van der Waals surface area contributed by atoms with Crippen molar-refractivity contribution >= 4 is 21.9 Å². The van der Waals surface area contributed by atoms with Crippen molar-refractivity contribution < 1.29 is 7.84 Å². The standard InChI is InChI=1S/C13H25N3O2S2/c1-12-8-10-13(11-9-12)19(17)18-20(14(2)3,15(4)5)16(6)7/h8-11H,1-7H3. The number of hydrogen-bond acceptors (Lipinski definition) is 5. The maximum Gasteiger partial charge on any atom is 0.202 e. The van der Waals surface area contributed by atoms with Crippen LogP contribution < -0.4 is 0 Å². The van der Waals surface area contributed by atoms with Gasteiger partial charge in [-0.1, -0.05) is 17.7 Å². The maximum atomic E-state index is 12.5. The second kappa shape index (κ2) is 7.02. The molecule has 0 heterocycles. The third kappa shape index (κ3) is 3.60. The van der Waals surface area contributed by atoms with Crippen molar-refractivity contribution in [3.05, 3.63) is 29.8 Å². The molecular formula is C13H25N3O2S2. The molecule has 0 bridgehead atoms. The molecule has 5 nitrogen and oxygen atoms in total. The van der Waals surface area contributed by atoms with Gasteiger partial charge in [0, 0.05) is 0 Å². The number of benzene rings is 1. The fourth-order valence-electron chi connectivity index (χ4n) is 1.93. The molecule has 0 aliphatic carbocycles. The average molecular weight is 319 g/mol. The van der Waals surface area contributed by atoms with Crippen LogP contribution in [-0.2, 0) is 14.7 Å². The lowest BCUT2D eigenvalue weighted by Gasteiger charge is -2.51. The molecule has 1 aromatic rings. The number of rotatable bonds is 6. The molecule has 1 unspecified atom stereocenters. The van der Waals surface area contributed by atoms with Crippen LogP contribution in [-0.4, -0.2) is 59.4 Å². The van der Waals surface area contributed by atoms with Crippen molar-refractivity contribution in [1.82, 2.24) is 12.9 Å². The van der Waals surface area contributed by atoms with E-state index in [0.717, 1.165) is 5.56 Å². The number of nitrogens with zero attached hydrogens (tertiary/aromatic N) is 3. The van der Waals surface area contributed by atoms with Crippen LogP contribution in [0.25, 0.3) is 0 Å². The van der Waals surface area contributed by atoms with Crippen molar-refractivity contribution in [2.45, 2.75) is 11.8 Å². The predicted molar refractivity (Wildman–Crippen MR) is 87.3 cm³/mol. The Morgan fingerprint density at radius 3 is 1.65 bits per heavy atom. The fourth-order valence-corrected chi connectivity index (χ4v) is 6.69. The van der Waals surface area contributed by atoms with Gasteiger partial charge < -0.3 is 0 Å². The second-order valence-corrected chi connectivity index (χ2v) is 9.63. The molecule has 0 radical (unpaired) electrons. The Morgan fingerprint density at radius 2 is 1.30 bits per heavy atom. The molecule has 1 rings (SSSR count). The molecule has 0 aliphatic rings. The van der Waals surface area contributed by atoms with E-state index >= 15 is 0 Å². The molecule has 0 saturated carbocycles. The van der Waals surface area contributed by atoms with Crippen LogP contribution in [0.2, 0.25) is 0 Å². The minimum Gasteiger partial charge on any atom is -0.229 e. The minimum atomic E-state index is -1.90. The Morgan fingerprint density at radius 1 is 0.900 bits per heavy atom. The minimum absolute atomic E-state index is 0.679. The summed E-state index contributed by atoms with van der Waals surface area (Å²) < 4.78 is 24.4. The normalized spacial score (nSPS) is 15.1. The summed E-state index contributed by atoms with van der Waals surface area (Å²) in [6.07, 6.45) is 0. The van der Waals surface area contributed by atoms with Gasteiger partial charge in [0.05, 0.1) is 15.8 Å². The molecule has 20 heavy (non-hydrogen) atoms. The van der Waals surface area contributed by atoms with Crippen molar-refractivity contribution in [3.8, 4) is 0 Å². The summed E-state index contributed by atoms with van der Waals surface area (Å²) >= 11 is -1.51. The molecule has 0 fully saturated rings. The lowest BCUT2D eigenvalue weighted by atomic mass is 10.2. The van der Waals surface area contributed by atoms with E-state index in [-0.39, 0.29) is 0 Å². The zero-order chi connectivity index (χ0) is 15.5. The summed E-state index contributed by atoms with van der Waals surface area (Å²) in [6, 6.07) is 7.57. The molecule has 0 spiro atoms. The summed E-state index contributed by atoms with van der Waals surface area (Å²) in [5, 5.41) is 0. The van der Waals surface area contributed by atoms with Crippen LogP contribution in [0.15, 0.2) is 29.2 Å². The third-order valence-electron chi connectivity index (χ3n) is 2.79. The first-order valence-corrected chi connectivity index (χ1v) is 8.76. The second-order valence-electron chi connectivity index (χ2n) is 5.02. The average Bonchev–Trinajstić information content (AvgIpc) is 2.35. The number of aryl methyl sites for hydroxylation is 1. The summed E-state index contributed by atoms with van der Waals surface area (Å²) in [7, 11) is 9.69. The summed E-state index contributed by atoms with van der Waals surface area (Å²) in [5.41, 5.74) is 1.14. The van der Waals surface area contributed by atoms with E-state index in [1.165, 1.54) is 0 Å². The van der Waals surface area contributed by atoms with E-state index < -0.39 is 21.9 Å². The van der Waals surface area contributed by atoms with Crippen LogP contribution in [0, 0.1) is 6.92 Å². The first-order valence-electron chi connectivity index (χ1n) is 6.26. The molecule has 0 N–H and O–H groups in total. The Labute approximate surface area is 127 Å². The van der Waals surface area contributed by atoms with E-state index in [0.29, 0.717) is 4.90 Å². The molecule has 0 aromatic heterocycles. The molecule has 0 saturated heterocycles. The summed E-state index contributed by atoms with van der Waals surface area (Å²) in [4.78, 5) is 0.679. The van der Waals surface area contributed by atoms with Crippen molar-refractivity contribution in [1.29, 1.82) is 0 Å². The third-order valence-corrected chi connectivity index (χ3v) is 7.53. The van der Waals surface area contributed by atoms with Gasteiger partial charge in [-0.2, -0.15) is 3.63 Å². The quantitative estimate of drug-likeness (QED) is 0.803. The molecule has 1 atom stereocenters. The monoisotopic (exact) mass is 319 g/mol. The van der Waals surface area contributed by atoms with Crippen molar-refractivity contribution in [2.75, 3.05) is 42.3 Å². The highest BCUT2D eigenvalue weighted by Crippen LogP contribution is 2.55. The van der Waals surface area contributed by atoms with Gasteiger partial charge in [-0.05, 0) is 61.3 Å². The maximum absolute atomic E-state index is 12.5. The largest absolute Gasteiger partial charge is 0.229 e. The van der Waals surface area contributed by atoms with E-state index in [1.807, 2.05) is 86.4 Å². The van der Waals surface area contributed by atoms with Crippen LogP contribution in [0.3, 0.4) is 0 Å². The van der Waals surface area contributed by atoms with E-state index in [9.17, 15) is 4.21 Å². The van der Waals surface area contributed by atoms with E-state index in [2.05, 4.69) is 0 Å². The van der Waals surface area contributed by atoms with Crippen LogP contribution in [0.4, 0.5) is 0 Å². The predicted octanol–water partition coefficient (Wildman–Crippen LogP) is 2.18. The van der Waals surface area contributed by atoms with Crippen LogP contribution in [0.5, 0.6) is 0 Å². The molecule has 116 valence electrons. The van der Waals surface area contributed by atoms with Crippen molar-refractivity contribution in [3.63, 3.8) is 0 Å². The van der Waals surface area contributed by atoms with Gasteiger partial charge in [0.25, 0.3) is 0 Å². The Kier molecular flexibility index (Phi) is 6.18. The summed E-state index contributed by atoms with van der Waals surface area (Å²) in [6.45, 7) is 2.00. The SMILES string of the molecule is Cc1ccc(S(=O)OS(N(C)C)(N(C)C)N(C)C)cc1. The molecule has 1 aromatic carbocycles. The zero-order valence-electron chi connectivity index (χ0n) is 13.3. The summed E-state index contributed by atoms with van der Waals surface area (Å²) in [5.74, 6) is 0. The zero-order valence-corrected chi connectivity index (χ0v) is 14.9. The lowest BCUT2D eigenvalue weighted by molar-refractivity contribution is 0.404. The van der Waals surface area contributed by atoms with Crippen LogP contribution >= 0.6 is 10.9 Å². The van der Waals surface area contributed by atoms with Gasteiger partial charge in [0.1, 0.15) is 0 Å². The molecule has 0 amide bonds. The topological polar surface area (TPSA) is 36.0 Å². The highest BCUT2D eigenvalue weighted by Gasteiger charge is 2.36. The first kappa shape index (κ1) is 17.6. The molecule has 7 heteroatoms. The fraction of sp³-hybridized carbons (Fsp3) is 0.538. The smallest absolute Gasteiger partial charge is 0.202 e. The Hall–Kier alpha value is -0.440. The van der Waals surface area contributed by atoms with Gasteiger partial charge in [-0.3, -0.25) is 0 Å². The Bertz CT molecular complexity index is 439. The first-order chi connectivity index (χ1) is 9.21. The van der Waals surface area contributed by atoms with Gasteiger partial charge in [-0.15, -0.1) is 0 Å². The molecule has 0 aliphatic heterocycles. The van der Waals surface area contributed by atoms with E-state index in [1.54, 1.807) is 0 Å². The van der Waals surface area contributed by atoms with Gasteiger partial charge in [-0.25, -0.2) is 17.1 Å². The van der Waals surface area contributed by atoms with Crippen molar-refractivity contribution in [2.24, 2.45) is 0 Å². The highest BCUT2D eigenvalue weighted by molar-refractivity contribution is 8.27. The molecular weight excluding hydrogens is 294 g/mol. The highest BCUT2D eigenvalue weighted by atomic mass is 32.3. The van der Waals surface area contributed by atoms with Crippen LogP contribution in [0.1, 0.15) is 5.56 Å². The van der Waals surface area contributed by atoms with E-state index in [4.69, 9.17) is 3.63 Å². The van der Waals surface area contributed by atoms with Gasteiger partial charge >= 0.3 is 0 Å². The van der Waals surface area contributed by atoms with Gasteiger partial charge in [0.15, 0.2) is 0 Å². The number of hydrogen-bond donors (Lipinski definition) is 0. The Balaban J connectivity index is 3.07. The lowest BCUT2D eigenvalue weighted by Crippen LogP contribution is -2.42.